The highest BCUT2D eigenvalue weighted by molar-refractivity contribution is 4.80. The molecule has 0 atom stereocenters. The van der Waals surface area contributed by atoms with Crippen molar-refractivity contribution in [2.75, 3.05) is 33.0 Å². The maximum absolute atomic E-state index is 10.3. The quantitative estimate of drug-likeness (QED) is 0.0820. The van der Waals surface area contributed by atoms with Gasteiger partial charge < -0.3 is 14.6 Å². The van der Waals surface area contributed by atoms with Crippen molar-refractivity contribution in [3.63, 3.8) is 0 Å². The predicted molar refractivity (Wildman–Crippen MR) is 173 cm³/mol. The SMILES string of the molecule is CCCCCCCCCCCCCCOCC(CO)(COCCCCCCCCCCCCCC)CC(C)C. The van der Waals surface area contributed by atoms with Crippen LogP contribution in [0.2, 0.25) is 0 Å². The second-order valence-corrected chi connectivity index (χ2v) is 13.1. The third-order valence-corrected chi connectivity index (χ3v) is 8.28. The first-order chi connectivity index (χ1) is 19.1. The molecule has 0 spiro atoms. The molecule has 0 aliphatic carbocycles. The van der Waals surface area contributed by atoms with Crippen LogP contribution in [0.15, 0.2) is 0 Å². The van der Waals surface area contributed by atoms with Gasteiger partial charge in [-0.2, -0.15) is 0 Å². The summed E-state index contributed by atoms with van der Waals surface area (Å²) in [5.74, 6) is 0.530. The van der Waals surface area contributed by atoms with Gasteiger partial charge in [-0.05, 0) is 25.2 Å². The van der Waals surface area contributed by atoms with Crippen molar-refractivity contribution in [3.8, 4) is 0 Å². The Hall–Kier alpha value is -0.120. The molecule has 0 aliphatic heterocycles. The normalized spacial score (nSPS) is 12.2. The van der Waals surface area contributed by atoms with Crippen LogP contribution in [0, 0.1) is 11.3 Å². The largest absolute Gasteiger partial charge is 0.396 e. The fraction of sp³-hybridized carbons (Fsp3) is 1.00. The minimum atomic E-state index is -0.248. The second-order valence-electron chi connectivity index (χ2n) is 13.1. The van der Waals surface area contributed by atoms with Gasteiger partial charge in [-0.1, -0.05) is 169 Å². The molecule has 0 bridgehead atoms. The third-order valence-electron chi connectivity index (χ3n) is 8.28. The van der Waals surface area contributed by atoms with Crippen LogP contribution in [0.4, 0.5) is 0 Å². The van der Waals surface area contributed by atoms with Gasteiger partial charge >= 0.3 is 0 Å². The summed E-state index contributed by atoms with van der Waals surface area (Å²) in [4.78, 5) is 0. The van der Waals surface area contributed by atoms with Gasteiger partial charge in [-0.25, -0.2) is 0 Å². The second kappa shape index (κ2) is 30.8. The standard InChI is InChI=1S/C36H74O3/c1-5-7-9-11-13-15-17-19-21-23-25-27-29-38-33-36(32-37,31-35(3)4)34-39-30-28-26-24-22-20-18-16-14-12-10-8-6-2/h35,37H,5-34H2,1-4H3. The van der Waals surface area contributed by atoms with Crippen molar-refractivity contribution in [2.24, 2.45) is 11.3 Å². The average molecular weight is 555 g/mol. The Morgan fingerprint density at radius 1 is 0.462 bits per heavy atom. The van der Waals surface area contributed by atoms with Crippen LogP contribution < -0.4 is 0 Å². The fourth-order valence-corrected chi connectivity index (χ4v) is 5.85. The van der Waals surface area contributed by atoms with Crippen LogP contribution in [0.1, 0.15) is 188 Å². The van der Waals surface area contributed by atoms with E-state index in [0.717, 1.165) is 32.5 Å². The van der Waals surface area contributed by atoms with Crippen LogP contribution in [-0.2, 0) is 9.47 Å². The Balaban J connectivity index is 3.78. The van der Waals surface area contributed by atoms with E-state index in [1.165, 1.54) is 141 Å². The van der Waals surface area contributed by atoms with Gasteiger partial charge in [0.1, 0.15) is 0 Å². The first kappa shape index (κ1) is 38.9. The molecule has 236 valence electrons. The lowest BCUT2D eigenvalue weighted by Gasteiger charge is -2.33. The monoisotopic (exact) mass is 555 g/mol. The molecule has 0 saturated carbocycles. The molecule has 0 aromatic carbocycles. The van der Waals surface area contributed by atoms with Crippen LogP contribution in [0.5, 0.6) is 0 Å². The molecule has 0 unspecified atom stereocenters. The average Bonchev–Trinajstić information content (AvgIpc) is 2.93. The zero-order chi connectivity index (χ0) is 28.7. The molecule has 3 nitrogen and oxygen atoms in total. The van der Waals surface area contributed by atoms with E-state index in [4.69, 9.17) is 9.47 Å². The van der Waals surface area contributed by atoms with Gasteiger partial charge in [-0.15, -0.1) is 0 Å². The lowest BCUT2D eigenvalue weighted by molar-refractivity contribution is -0.0623. The number of aliphatic hydroxyl groups is 1. The van der Waals surface area contributed by atoms with Crippen molar-refractivity contribution in [3.05, 3.63) is 0 Å². The highest BCUT2D eigenvalue weighted by Gasteiger charge is 2.31. The summed E-state index contributed by atoms with van der Waals surface area (Å²) in [6.45, 7) is 12.1. The third kappa shape index (κ3) is 27.8. The van der Waals surface area contributed by atoms with Gasteiger partial charge in [0, 0.05) is 18.6 Å². The zero-order valence-corrected chi connectivity index (χ0v) is 27.6. The number of ether oxygens (including phenoxy) is 2. The van der Waals surface area contributed by atoms with Gasteiger partial charge in [0.25, 0.3) is 0 Å². The molecule has 0 rings (SSSR count). The van der Waals surface area contributed by atoms with Crippen LogP contribution in [0.25, 0.3) is 0 Å². The minimum absolute atomic E-state index is 0.155. The maximum Gasteiger partial charge on any atom is 0.0566 e. The van der Waals surface area contributed by atoms with E-state index in [-0.39, 0.29) is 12.0 Å². The molecule has 0 heterocycles. The molecule has 0 fully saturated rings. The summed E-state index contributed by atoms with van der Waals surface area (Å²) >= 11 is 0. The van der Waals surface area contributed by atoms with Gasteiger partial charge in [0.05, 0.1) is 19.8 Å². The summed E-state index contributed by atoms with van der Waals surface area (Å²) in [7, 11) is 0. The summed E-state index contributed by atoms with van der Waals surface area (Å²) in [6.07, 6.45) is 33.7. The predicted octanol–water partition coefficient (Wildman–Crippen LogP) is 11.4. The van der Waals surface area contributed by atoms with Crippen molar-refractivity contribution >= 4 is 0 Å². The van der Waals surface area contributed by atoms with E-state index >= 15 is 0 Å². The lowest BCUT2D eigenvalue weighted by atomic mass is 9.82. The van der Waals surface area contributed by atoms with E-state index in [1.807, 2.05) is 0 Å². The van der Waals surface area contributed by atoms with E-state index in [2.05, 4.69) is 27.7 Å². The number of hydrogen-bond acceptors (Lipinski definition) is 3. The molecule has 3 heteroatoms. The number of aliphatic hydroxyl groups excluding tert-OH is 1. The zero-order valence-electron chi connectivity index (χ0n) is 27.6. The number of rotatable bonds is 33. The molecule has 39 heavy (non-hydrogen) atoms. The first-order valence-electron chi connectivity index (χ1n) is 17.9. The van der Waals surface area contributed by atoms with E-state index in [9.17, 15) is 5.11 Å². The Bertz CT molecular complexity index is 419. The van der Waals surface area contributed by atoms with Crippen LogP contribution in [0.3, 0.4) is 0 Å². The Morgan fingerprint density at radius 3 is 1.00 bits per heavy atom. The van der Waals surface area contributed by atoms with Crippen LogP contribution in [-0.4, -0.2) is 38.1 Å². The minimum Gasteiger partial charge on any atom is -0.396 e. The van der Waals surface area contributed by atoms with Gasteiger partial charge in [0.2, 0.25) is 0 Å². The topological polar surface area (TPSA) is 38.7 Å². The van der Waals surface area contributed by atoms with E-state index in [1.54, 1.807) is 0 Å². The highest BCUT2D eigenvalue weighted by atomic mass is 16.5. The summed E-state index contributed by atoms with van der Waals surface area (Å²) in [5.41, 5.74) is -0.248. The molecule has 0 saturated heterocycles. The Kier molecular flexibility index (Phi) is 30.7. The molecular formula is C36H74O3. The maximum atomic E-state index is 10.3. The molecule has 0 aliphatic rings. The summed E-state index contributed by atoms with van der Waals surface area (Å²) < 4.78 is 12.2. The molecule has 0 amide bonds. The molecule has 0 aromatic heterocycles. The first-order valence-corrected chi connectivity index (χ1v) is 17.9. The van der Waals surface area contributed by atoms with Crippen molar-refractivity contribution in [1.29, 1.82) is 0 Å². The Morgan fingerprint density at radius 2 is 0.744 bits per heavy atom. The highest BCUT2D eigenvalue weighted by Crippen LogP contribution is 2.28. The van der Waals surface area contributed by atoms with E-state index in [0.29, 0.717) is 19.1 Å². The van der Waals surface area contributed by atoms with E-state index < -0.39 is 0 Å². The number of hydrogen-bond donors (Lipinski definition) is 1. The fourth-order valence-electron chi connectivity index (χ4n) is 5.85. The Labute approximate surface area is 247 Å². The summed E-state index contributed by atoms with van der Waals surface area (Å²) in [5, 5.41) is 10.3. The summed E-state index contributed by atoms with van der Waals surface area (Å²) in [6, 6.07) is 0. The number of unbranched alkanes of at least 4 members (excludes halogenated alkanes) is 22. The smallest absolute Gasteiger partial charge is 0.0566 e. The van der Waals surface area contributed by atoms with Crippen molar-refractivity contribution in [2.45, 2.75) is 188 Å². The molecule has 0 radical (unpaired) electrons. The van der Waals surface area contributed by atoms with Gasteiger partial charge in [0.15, 0.2) is 0 Å². The molecule has 1 N–H and O–H groups in total. The lowest BCUT2D eigenvalue weighted by Crippen LogP contribution is -2.38. The van der Waals surface area contributed by atoms with Crippen molar-refractivity contribution < 1.29 is 14.6 Å². The molecule has 0 aromatic rings. The van der Waals surface area contributed by atoms with Crippen molar-refractivity contribution in [1.82, 2.24) is 0 Å². The van der Waals surface area contributed by atoms with Crippen LogP contribution >= 0.6 is 0 Å². The molecular weight excluding hydrogens is 480 g/mol. The van der Waals surface area contributed by atoms with Gasteiger partial charge in [-0.3, -0.25) is 0 Å².